The first-order valence-corrected chi connectivity index (χ1v) is 6.85. The molecule has 1 aliphatic heterocycles. The SMILES string of the molecule is NCC1CC(=O)N(c2ccc3c(c2)CCCC3=O)C1. The van der Waals surface area contributed by atoms with Crippen LogP contribution >= 0.6 is 0 Å². The van der Waals surface area contributed by atoms with Crippen LogP contribution in [0, 0.1) is 5.92 Å². The second kappa shape index (κ2) is 4.78. The van der Waals surface area contributed by atoms with Crippen molar-refractivity contribution < 1.29 is 9.59 Å². The number of nitrogens with two attached hydrogens (primary N) is 1. The van der Waals surface area contributed by atoms with E-state index in [1.54, 1.807) is 4.90 Å². The first kappa shape index (κ1) is 12.4. The van der Waals surface area contributed by atoms with Gasteiger partial charge in [0.15, 0.2) is 5.78 Å². The molecule has 1 saturated heterocycles. The Balaban J connectivity index is 1.90. The van der Waals surface area contributed by atoms with E-state index in [2.05, 4.69) is 0 Å². The molecule has 4 nitrogen and oxygen atoms in total. The summed E-state index contributed by atoms with van der Waals surface area (Å²) in [6.07, 6.45) is 3.02. The van der Waals surface area contributed by atoms with Crippen LogP contribution in [0.1, 0.15) is 35.2 Å². The maximum Gasteiger partial charge on any atom is 0.227 e. The number of rotatable bonds is 2. The molecule has 3 rings (SSSR count). The molecule has 0 bridgehead atoms. The highest BCUT2D eigenvalue weighted by Crippen LogP contribution is 2.29. The van der Waals surface area contributed by atoms with Gasteiger partial charge in [-0.25, -0.2) is 0 Å². The maximum atomic E-state index is 12.0. The molecule has 0 spiro atoms. The summed E-state index contributed by atoms with van der Waals surface area (Å²) >= 11 is 0. The van der Waals surface area contributed by atoms with Gasteiger partial charge in [0.05, 0.1) is 0 Å². The number of benzene rings is 1. The molecule has 0 saturated carbocycles. The lowest BCUT2D eigenvalue weighted by Gasteiger charge is -2.21. The van der Waals surface area contributed by atoms with Gasteiger partial charge in [-0.2, -0.15) is 0 Å². The first-order chi connectivity index (χ1) is 9.19. The molecule has 19 heavy (non-hydrogen) atoms. The highest BCUT2D eigenvalue weighted by atomic mass is 16.2. The number of ketones is 1. The molecule has 2 N–H and O–H groups in total. The summed E-state index contributed by atoms with van der Waals surface area (Å²) in [5.41, 5.74) is 8.47. The van der Waals surface area contributed by atoms with Crippen molar-refractivity contribution in [3.05, 3.63) is 29.3 Å². The smallest absolute Gasteiger partial charge is 0.227 e. The standard InChI is InChI=1S/C15H18N2O2/c16-8-10-6-15(19)17(9-10)12-4-5-13-11(7-12)2-1-3-14(13)18/h4-5,7,10H,1-3,6,8-9,16H2. The Bertz CT molecular complexity index is 539. The lowest BCUT2D eigenvalue weighted by molar-refractivity contribution is -0.117. The third-order valence-electron chi connectivity index (χ3n) is 4.09. The van der Waals surface area contributed by atoms with Crippen molar-refractivity contribution >= 4 is 17.4 Å². The molecule has 1 fully saturated rings. The number of carbonyl (C=O) groups is 2. The molecular weight excluding hydrogens is 240 g/mol. The average Bonchev–Trinajstić information content (AvgIpc) is 2.80. The van der Waals surface area contributed by atoms with Crippen molar-refractivity contribution in [2.75, 3.05) is 18.0 Å². The number of carbonyl (C=O) groups excluding carboxylic acids is 2. The number of anilines is 1. The number of hydrogen-bond donors (Lipinski definition) is 1. The summed E-state index contributed by atoms with van der Waals surface area (Å²) in [4.78, 5) is 25.6. The van der Waals surface area contributed by atoms with Crippen LogP contribution in [0.25, 0.3) is 0 Å². The Morgan fingerprint density at radius 1 is 1.26 bits per heavy atom. The van der Waals surface area contributed by atoms with Crippen LogP contribution < -0.4 is 10.6 Å². The van der Waals surface area contributed by atoms with Crippen LogP contribution in [-0.4, -0.2) is 24.8 Å². The van der Waals surface area contributed by atoms with Crippen molar-refractivity contribution in [1.29, 1.82) is 0 Å². The Morgan fingerprint density at radius 2 is 2.11 bits per heavy atom. The quantitative estimate of drug-likeness (QED) is 0.874. The molecule has 0 radical (unpaired) electrons. The second-order valence-corrected chi connectivity index (χ2v) is 5.43. The fraction of sp³-hybridized carbons (Fsp3) is 0.467. The van der Waals surface area contributed by atoms with Crippen molar-refractivity contribution in [1.82, 2.24) is 0 Å². The third-order valence-corrected chi connectivity index (χ3v) is 4.09. The second-order valence-electron chi connectivity index (χ2n) is 5.43. The van der Waals surface area contributed by atoms with Crippen LogP contribution in [0.4, 0.5) is 5.69 Å². The van der Waals surface area contributed by atoms with Crippen LogP contribution in [0.3, 0.4) is 0 Å². The Hall–Kier alpha value is -1.68. The minimum Gasteiger partial charge on any atom is -0.330 e. The Kier molecular flexibility index (Phi) is 3.11. The van der Waals surface area contributed by atoms with E-state index in [1.165, 1.54) is 0 Å². The monoisotopic (exact) mass is 258 g/mol. The van der Waals surface area contributed by atoms with Crippen molar-refractivity contribution in [2.45, 2.75) is 25.7 Å². The molecule has 0 aromatic heterocycles. The van der Waals surface area contributed by atoms with Crippen molar-refractivity contribution in [2.24, 2.45) is 11.7 Å². The maximum absolute atomic E-state index is 12.0. The zero-order chi connectivity index (χ0) is 13.4. The molecule has 4 heteroatoms. The topological polar surface area (TPSA) is 63.4 Å². The summed E-state index contributed by atoms with van der Waals surface area (Å²) in [5.74, 6) is 0.614. The van der Waals surface area contributed by atoms with E-state index in [-0.39, 0.29) is 17.6 Å². The zero-order valence-electron chi connectivity index (χ0n) is 10.9. The van der Waals surface area contributed by atoms with Crippen LogP contribution in [-0.2, 0) is 11.2 Å². The van der Waals surface area contributed by atoms with Gasteiger partial charge in [0.1, 0.15) is 0 Å². The normalized spacial score (nSPS) is 22.8. The summed E-state index contributed by atoms with van der Waals surface area (Å²) in [6, 6.07) is 5.76. The molecule has 2 aliphatic rings. The lowest BCUT2D eigenvalue weighted by atomic mass is 9.90. The molecule has 1 heterocycles. The minimum atomic E-state index is 0.137. The van der Waals surface area contributed by atoms with Gasteiger partial charge >= 0.3 is 0 Å². The van der Waals surface area contributed by atoms with E-state index in [0.717, 1.165) is 29.7 Å². The van der Waals surface area contributed by atoms with E-state index in [4.69, 9.17) is 5.73 Å². The van der Waals surface area contributed by atoms with Gasteiger partial charge in [0, 0.05) is 30.6 Å². The number of hydrogen-bond acceptors (Lipinski definition) is 3. The molecule has 1 atom stereocenters. The van der Waals surface area contributed by atoms with Gasteiger partial charge in [-0.05, 0) is 49.1 Å². The largest absolute Gasteiger partial charge is 0.330 e. The van der Waals surface area contributed by atoms with E-state index in [9.17, 15) is 9.59 Å². The summed E-state index contributed by atoms with van der Waals surface area (Å²) in [7, 11) is 0. The van der Waals surface area contributed by atoms with Gasteiger partial charge < -0.3 is 10.6 Å². The van der Waals surface area contributed by atoms with Gasteiger partial charge in [0.2, 0.25) is 5.91 Å². The molecule has 1 unspecified atom stereocenters. The summed E-state index contributed by atoms with van der Waals surface area (Å²) < 4.78 is 0. The Morgan fingerprint density at radius 3 is 2.84 bits per heavy atom. The van der Waals surface area contributed by atoms with Crippen molar-refractivity contribution in [3.8, 4) is 0 Å². The molecule has 1 amide bonds. The molecule has 100 valence electrons. The van der Waals surface area contributed by atoms with Crippen LogP contribution in [0.5, 0.6) is 0 Å². The van der Waals surface area contributed by atoms with Crippen LogP contribution in [0.15, 0.2) is 18.2 Å². The predicted molar refractivity (Wildman–Crippen MR) is 73.2 cm³/mol. The predicted octanol–water partition coefficient (Wildman–Crippen LogP) is 1.52. The van der Waals surface area contributed by atoms with Crippen molar-refractivity contribution in [3.63, 3.8) is 0 Å². The number of aryl methyl sites for hydroxylation is 1. The van der Waals surface area contributed by atoms with Gasteiger partial charge in [-0.1, -0.05) is 0 Å². The fourth-order valence-electron chi connectivity index (χ4n) is 2.99. The number of Topliss-reactive ketones (excluding diaryl/α,β-unsaturated/α-hetero) is 1. The van der Waals surface area contributed by atoms with Gasteiger partial charge in [-0.3, -0.25) is 9.59 Å². The zero-order valence-corrected chi connectivity index (χ0v) is 10.9. The molecule has 1 aliphatic carbocycles. The molecule has 1 aromatic rings. The fourth-order valence-corrected chi connectivity index (χ4v) is 2.99. The molecular formula is C15H18N2O2. The molecule has 1 aromatic carbocycles. The van der Waals surface area contributed by atoms with E-state index in [1.807, 2.05) is 18.2 Å². The first-order valence-electron chi connectivity index (χ1n) is 6.85. The van der Waals surface area contributed by atoms with Crippen LogP contribution in [0.2, 0.25) is 0 Å². The number of nitrogens with zero attached hydrogens (tertiary/aromatic N) is 1. The van der Waals surface area contributed by atoms with Gasteiger partial charge in [0.25, 0.3) is 0 Å². The highest BCUT2D eigenvalue weighted by Gasteiger charge is 2.30. The highest BCUT2D eigenvalue weighted by molar-refractivity contribution is 6.00. The summed E-state index contributed by atoms with van der Waals surface area (Å²) in [6.45, 7) is 1.24. The van der Waals surface area contributed by atoms with E-state index in [0.29, 0.717) is 25.9 Å². The lowest BCUT2D eigenvalue weighted by Crippen LogP contribution is -2.26. The van der Waals surface area contributed by atoms with E-state index >= 15 is 0 Å². The average molecular weight is 258 g/mol. The number of fused-ring (bicyclic) bond motifs is 1. The minimum absolute atomic E-state index is 0.137. The number of amides is 1. The van der Waals surface area contributed by atoms with Gasteiger partial charge in [-0.15, -0.1) is 0 Å². The Labute approximate surface area is 112 Å². The third kappa shape index (κ3) is 2.16. The van der Waals surface area contributed by atoms with E-state index < -0.39 is 0 Å². The summed E-state index contributed by atoms with van der Waals surface area (Å²) in [5, 5.41) is 0.